The van der Waals surface area contributed by atoms with Gasteiger partial charge in [0.2, 0.25) is 0 Å². The summed E-state index contributed by atoms with van der Waals surface area (Å²) in [7, 11) is 4.11. The molecule has 1 aliphatic carbocycles. The first-order valence-electron chi connectivity index (χ1n) is 6.17. The number of carboxylic acids is 1. The average molecular weight is 228 g/mol. The number of hydrogen-bond acceptors (Lipinski definition) is 3. The molecule has 0 aromatic carbocycles. The third-order valence-corrected chi connectivity index (χ3v) is 3.37. The van der Waals surface area contributed by atoms with Crippen molar-refractivity contribution in [2.75, 3.05) is 33.7 Å². The molecule has 0 amide bonds. The van der Waals surface area contributed by atoms with Crippen LogP contribution in [0.25, 0.3) is 0 Å². The molecule has 2 unspecified atom stereocenters. The summed E-state index contributed by atoms with van der Waals surface area (Å²) < 4.78 is 0. The lowest BCUT2D eigenvalue weighted by Crippen LogP contribution is -2.52. The maximum atomic E-state index is 11.0. The Morgan fingerprint density at radius 2 is 1.94 bits per heavy atom. The van der Waals surface area contributed by atoms with Crippen LogP contribution in [0.15, 0.2) is 0 Å². The van der Waals surface area contributed by atoms with Crippen molar-refractivity contribution in [3.8, 4) is 0 Å². The molecule has 94 valence electrons. The largest absolute Gasteiger partial charge is 0.481 e. The predicted molar refractivity (Wildman–Crippen MR) is 64.6 cm³/mol. The molecule has 0 aromatic heterocycles. The van der Waals surface area contributed by atoms with Crippen molar-refractivity contribution < 1.29 is 9.90 Å². The fraction of sp³-hybridized carbons (Fsp3) is 0.917. The van der Waals surface area contributed by atoms with Crippen LogP contribution < -0.4 is 0 Å². The van der Waals surface area contributed by atoms with Crippen LogP contribution in [0, 0.1) is 5.92 Å². The molecule has 0 bridgehead atoms. The van der Waals surface area contributed by atoms with Gasteiger partial charge in [-0.05, 0) is 39.9 Å². The summed E-state index contributed by atoms with van der Waals surface area (Å²) in [5, 5.41) is 9.06. The number of nitrogens with zero attached hydrogens (tertiary/aromatic N) is 2. The van der Waals surface area contributed by atoms with E-state index in [1.165, 1.54) is 0 Å². The highest BCUT2D eigenvalue weighted by molar-refractivity contribution is 5.72. The van der Waals surface area contributed by atoms with E-state index in [1.807, 2.05) is 0 Å². The first-order chi connectivity index (χ1) is 7.56. The zero-order valence-electron chi connectivity index (χ0n) is 10.6. The standard InChI is InChI=1S/C12H24N2O2/c1-4-7-14(9-8-13(2)3)11-6-5-10(11)12(15)16/h10-11H,4-9H2,1-3H3,(H,15,16). The van der Waals surface area contributed by atoms with E-state index >= 15 is 0 Å². The van der Waals surface area contributed by atoms with E-state index in [4.69, 9.17) is 5.11 Å². The quantitative estimate of drug-likeness (QED) is 0.709. The molecule has 0 saturated heterocycles. The molecule has 1 saturated carbocycles. The van der Waals surface area contributed by atoms with E-state index in [0.717, 1.165) is 38.9 Å². The topological polar surface area (TPSA) is 43.8 Å². The van der Waals surface area contributed by atoms with E-state index in [0.29, 0.717) is 0 Å². The molecule has 4 heteroatoms. The summed E-state index contributed by atoms with van der Waals surface area (Å²) in [6.45, 7) is 5.15. The van der Waals surface area contributed by atoms with Crippen LogP contribution in [0.1, 0.15) is 26.2 Å². The number of aliphatic carboxylic acids is 1. The molecule has 0 spiro atoms. The summed E-state index contributed by atoms with van der Waals surface area (Å²) >= 11 is 0. The summed E-state index contributed by atoms with van der Waals surface area (Å²) in [5.41, 5.74) is 0. The fourth-order valence-electron chi connectivity index (χ4n) is 2.27. The smallest absolute Gasteiger partial charge is 0.308 e. The predicted octanol–water partition coefficient (Wildman–Crippen LogP) is 1.12. The second-order valence-corrected chi connectivity index (χ2v) is 4.93. The molecule has 1 fully saturated rings. The van der Waals surface area contributed by atoms with Crippen LogP contribution in [0.5, 0.6) is 0 Å². The van der Waals surface area contributed by atoms with Gasteiger partial charge < -0.3 is 10.0 Å². The molecule has 0 aromatic rings. The van der Waals surface area contributed by atoms with E-state index in [-0.39, 0.29) is 12.0 Å². The average Bonchev–Trinajstić information content (AvgIpc) is 2.11. The van der Waals surface area contributed by atoms with Gasteiger partial charge in [0.05, 0.1) is 5.92 Å². The highest BCUT2D eigenvalue weighted by Gasteiger charge is 2.39. The van der Waals surface area contributed by atoms with Crippen molar-refractivity contribution in [2.24, 2.45) is 5.92 Å². The van der Waals surface area contributed by atoms with Gasteiger partial charge in [-0.1, -0.05) is 6.92 Å². The Morgan fingerprint density at radius 1 is 1.25 bits per heavy atom. The van der Waals surface area contributed by atoms with Crippen LogP contribution in [-0.2, 0) is 4.79 Å². The van der Waals surface area contributed by atoms with Gasteiger partial charge in [0.1, 0.15) is 0 Å². The van der Waals surface area contributed by atoms with Crippen LogP contribution in [-0.4, -0.2) is 60.6 Å². The van der Waals surface area contributed by atoms with E-state index in [9.17, 15) is 4.79 Å². The molecule has 2 atom stereocenters. The summed E-state index contributed by atoms with van der Waals surface area (Å²) in [4.78, 5) is 15.5. The van der Waals surface area contributed by atoms with Crippen molar-refractivity contribution in [2.45, 2.75) is 32.2 Å². The minimum Gasteiger partial charge on any atom is -0.481 e. The first kappa shape index (κ1) is 13.5. The second kappa shape index (κ2) is 6.21. The number of carbonyl (C=O) groups is 1. The van der Waals surface area contributed by atoms with Gasteiger partial charge in [-0.25, -0.2) is 0 Å². The van der Waals surface area contributed by atoms with Gasteiger partial charge in [-0.15, -0.1) is 0 Å². The fourth-order valence-corrected chi connectivity index (χ4v) is 2.27. The minimum atomic E-state index is -0.623. The minimum absolute atomic E-state index is 0.131. The molecule has 1 rings (SSSR count). The summed E-state index contributed by atoms with van der Waals surface area (Å²) in [6, 6.07) is 0.275. The third-order valence-electron chi connectivity index (χ3n) is 3.37. The molecular formula is C12H24N2O2. The maximum absolute atomic E-state index is 11.0. The summed E-state index contributed by atoms with van der Waals surface area (Å²) in [5.74, 6) is -0.754. The van der Waals surface area contributed by atoms with Crippen LogP contribution >= 0.6 is 0 Å². The Kier molecular flexibility index (Phi) is 5.22. The lowest BCUT2D eigenvalue weighted by Gasteiger charge is -2.42. The number of carboxylic acid groups (broad SMARTS) is 1. The Morgan fingerprint density at radius 3 is 2.31 bits per heavy atom. The second-order valence-electron chi connectivity index (χ2n) is 4.93. The Bertz CT molecular complexity index is 231. The van der Waals surface area contributed by atoms with E-state index in [2.05, 4.69) is 30.8 Å². The number of rotatable bonds is 7. The van der Waals surface area contributed by atoms with Gasteiger partial charge in [0.25, 0.3) is 0 Å². The SMILES string of the molecule is CCCN(CCN(C)C)C1CCC1C(=O)O. The normalized spacial score (nSPS) is 24.8. The maximum Gasteiger partial charge on any atom is 0.308 e. The molecule has 0 heterocycles. The molecule has 16 heavy (non-hydrogen) atoms. The van der Waals surface area contributed by atoms with Crippen LogP contribution in [0.3, 0.4) is 0 Å². The zero-order chi connectivity index (χ0) is 12.1. The van der Waals surface area contributed by atoms with E-state index < -0.39 is 5.97 Å². The van der Waals surface area contributed by atoms with Gasteiger partial charge in [-0.3, -0.25) is 9.69 Å². The number of likely N-dealkylation sites (N-methyl/N-ethyl adjacent to an activating group) is 1. The Labute approximate surface area is 98.2 Å². The lowest BCUT2D eigenvalue weighted by atomic mass is 9.78. The van der Waals surface area contributed by atoms with Gasteiger partial charge >= 0.3 is 5.97 Å². The van der Waals surface area contributed by atoms with Crippen LogP contribution in [0.4, 0.5) is 0 Å². The van der Waals surface area contributed by atoms with Crippen LogP contribution in [0.2, 0.25) is 0 Å². The molecular weight excluding hydrogens is 204 g/mol. The van der Waals surface area contributed by atoms with E-state index in [1.54, 1.807) is 0 Å². The number of hydrogen-bond donors (Lipinski definition) is 1. The third kappa shape index (κ3) is 3.46. The Hall–Kier alpha value is -0.610. The van der Waals surface area contributed by atoms with Gasteiger partial charge in [0, 0.05) is 19.1 Å². The summed E-state index contributed by atoms with van der Waals surface area (Å²) in [6.07, 6.45) is 2.99. The van der Waals surface area contributed by atoms with Crippen molar-refractivity contribution in [1.29, 1.82) is 0 Å². The monoisotopic (exact) mass is 228 g/mol. The highest BCUT2D eigenvalue weighted by atomic mass is 16.4. The lowest BCUT2D eigenvalue weighted by molar-refractivity contribution is -0.149. The Balaban J connectivity index is 2.46. The van der Waals surface area contributed by atoms with Gasteiger partial charge in [-0.2, -0.15) is 0 Å². The zero-order valence-corrected chi connectivity index (χ0v) is 10.6. The molecule has 4 nitrogen and oxygen atoms in total. The molecule has 0 aliphatic heterocycles. The van der Waals surface area contributed by atoms with Crippen molar-refractivity contribution in [3.05, 3.63) is 0 Å². The van der Waals surface area contributed by atoms with Gasteiger partial charge in [0.15, 0.2) is 0 Å². The first-order valence-corrected chi connectivity index (χ1v) is 6.17. The molecule has 1 aliphatic rings. The van der Waals surface area contributed by atoms with Crippen molar-refractivity contribution in [1.82, 2.24) is 9.80 Å². The molecule has 0 radical (unpaired) electrons. The van der Waals surface area contributed by atoms with Crippen molar-refractivity contribution >= 4 is 5.97 Å². The molecule has 1 N–H and O–H groups in total. The highest BCUT2D eigenvalue weighted by Crippen LogP contribution is 2.32. The van der Waals surface area contributed by atoms with Crippen molar-refractivity contribution in [3.63, 3.8) is 0 Å².